The molecule has 0 aliphatic heterocycles. The lowest BCUT2D eigenvalue weighted by Gasteiger charge is -2.19. The molecule has 21 heavy (non-hydrogen) atoms. The fourth-order valence-electron chi connectivity index (χ4n) is 2.37. The average molecular weight is 283 g/mol. The molecule has 0 unspecified atom stereocenters. The molecule has 0 saturated heterocycles. The molecule has 2 aromatic rings. The van der Waals surface area contributed by atoms with Crippen LogP contribution < -0.4 is 5.32 Å². The second-order valence-electron chi connectivity index (χ2n) is 6.39. The predicted octanol–water partition coefficient (Wildman–Crippen LogP) is 4.35. The Morgan fingerprint density at radius 1 is 1.05 bits per heavy atom. The number of hydrogen-bond acceptors (Lipinski definition) is 3. The van der Waals surface area contributed by atoms with Crippen LogP contribution in [-0.4, -0.2) is 17.0 Å². The van der Waals surface area contributed by atoms with Crippen molar-refractivity contribution in [2.45, 2.75) is 46.5 Å². The van der Waals surface area contributed by atoms with Crippen molar-refractivity contribution in [2.75, 3.05) is 12.4 Å². The Morgan fingerprint density at radius 3 is 2.14 bits per heavy atom. The fraction of sp³-hybridized carbons (Fsp3) is 0.444. The number of nitrogens with one attached hydrogen (secondary N) is 1. The van der Waals surface area contributed by atoms with Crippen LogP contribution in [0, 0.1) is 6.92 Å². The number of aromatic nitrogens is 2. The van der Waals surface area contributed by atoms with Crippen LogP contribution in [0.2, 0.25) is 0 Å². The summed E-state index contributed by atoms with van der Waals surface area (Å²) in [6.45, 7) is 10.8. The summed E-state index contributed by atoms with van der Waals surface area (Å²) in [5.41, 5.74) is 4.77. The van der Waals surface area contributed by atoms with E-state index in [9.17, 15) is 0 Å². The molecule has 0 aliphatic rings. The maximum absolute atomic E-state index is 4.71. The van der Waals surface area contributed by atoms with E-state index in [0.717, 1.165) is 34.9 Å². The van der Waals surface area contributed by atoms with Gasteiger partial charge in [0.15, 0.2) is 0 Å². The highest BCUT2D eigenvalue weighted by molar-refractivity contribution is 5.68. The molecule has 1 aromatic heterocycles. The zero-order valence-corrected chi connectivity index (χ0v) is 13.9. The molecule has 0 atom stereocenters. The van der Waals surface area contributed by atoms with Gasteiger partial charge < -0.3 is 5.32 Å². The SMILES string of the molecule is CCc1nc(NC)c(C)c(-c2ccc(C(C)(C)C)cc2)n1. The third kappa shape index (κ3) is 3.23. The van der Waals surface area contributed by atoms with Crippen molar-refractivity contribution in [3.05, 3.63) is 41.2 Å². The Labute approximate surface area is 127 Å². The highest BCUT2D eigenvalue weighted by Crippen LogP contribution is 2.29. The molecular formula is C18H25N3. The number of benzene rings is 1. The predicted molar refractivity (Wildman–Crippen MR) is 89.8 cm³/mol. The van der Waals surface area contributed by atoms with E-state index in [1.54, 1.807) is 0 Å². The van der Waals surface area contributed by atoms with Gasteiger partial charge in [0.2, 0.25) is 0 Å². The van der Waals surface area contributed by atoms with Crippen molar-refractivity contribution in [2.24, 2.45) is 0 Å². The summed E-state index contributed by atoms with van der Waals surface area (Å²) in [6, 6.07) is 8.71. The molecule has 0 fully saturated rings. The summed E-state index contributed by atoms with van der Waals surface area (Å²) in [6.07, 6.45) is 0.835. The van der Waals surface area contributed by atoms with Gasteiger partial charge >= 0.3 is 0 Å². The zero-order valence-electron chi connectivity index (χ0n) is 13.9. The first-order chi connectivity index (χ1) is 9.86. The van der Waals surface area contributed by atoms with Crippen LogP contribution in [0.3, 0.4) is 0 Å². The van der Waals surface area contributed by atoms with Gasteiger partial charge in [-0.1, -0.05) is 52.0 Å². The van der Waals surface area contributed by atoms with Gasteiger partial charge in [0.1, 0.15) is 11.6 Å². The van der Waals surface area contributed by atoms with Crippen molar-refractivity contribution in [3.8, 4) is 11.3 Å². The average Bonchev–Trinajstić information content (AvgIpc) is 2.47. The third-order valence-corrected chi connectivity index (χ3v) is 3.77. The van der Waals surface area contributed by atoms with Crippen LogP contribution >= 0.6 is 0 Å². The second kappa shape index (κ2) is 5.84. The van der Waals surface area contributed by atoms with Crippen LogP contribution in [-0.2, 0) is 11.8 Å². The highest BCUT2D eigenvalue weighted by atomic mass is 15.0. The molecule has 3 nitrogen and oxygen atoms in total. The van der Waals surface area contributed by atoms with Crippen molar-refractivity contribution in [1.29, 1.82) is 0 Å². The molecule has 0 amide bonds. The molecule has 112 valence electrons. The van der Waals surface area contributed by atoms with Crippen LogP contribution in [0.5, 0.6) is 0 Å². The van der Waals surface area contributed by atoms with Crippen LogP contribution in [0.4, 0.5) is 5.82 Å². The lowest BCUT2D eigenvalue weighted by molar-refractivity contribution is 0.590. The number of hydrogen-bond donors (Lipinski definition) is 1. The Balaban J connectivity index is 2.51. The van der Waals surface area contributed by atoms with Crippen molar-refractivity contribution >= 4 is 5.82 Å². The van der Waals surface area contributed by atoms with Gasteiger partial charge in [0, 0.05) is 24.6 Å². The molecule has 1 heterocycles. The zero-order chi connectivity index (χ0) is 15.6. The molecule has 0 aliphatic carbocycles. The summed E-state index contributed by atoms with van der Waals surface area (Å²) in [5, 5.41) is 3.16. The largest absolute Gasteiger partial charge is 0.373 e. The minimum Gasteiger partial charge on any atom is -0.373 e. The summed E-state index contributed by atoms with van der Waals surface area (Å²) < 4.78 is 0. The summed E-state index contributed by atoms with van der Waals surface area (Å²) in [5.74, 6) is 1.79. The first kappa shape index (κ1) is 15.5. The highest BCUT2D eigenvalue weighted by Gasteiger charge is 2.15. The van der Waals surface area contributed by atoms with E-state index < -0.39 is 0 Å². The van der Waals surface area contributed by atoms with Gasteiger partial charge in [-0.15, -0.1) is 0 Å². The number of rotatable bonds is 3. The molecule has 0 spiro atoms. The summed E-state index contributed by atoms with van der Waals surface area (Å²) in [7, 11) is 1.90. The third-order valence-electron chi connectivity index (χ3n) is 3.77. The topological polar surface area (TPSA) is 37.8 Å². The molecule has 1 aromatic carbocycles. The maximum atomic E-state index is 4.71. The van der Waals surface area contributed by atoms with Crippen molar-refractivity contribution < 1.29 is 0 Å². The van der Waals surface area contributed by atoms with E-state index in [-0.39, 0.29) is 5.41 Å². The van der Waals surface area contributed by atoms with Gasteiger partial charge in [0.05, 0.1) is 5.69 Å². The van der Waals surface area contributed by atoms with Gasteiger partial charge in [-0.3, -0.25) is 0 Å². The minimum absolute atomic E-state index is 0.171. The van der Waals surface area contributed by atoms with Crippen molar-refractivity contribution in [3.63, 3.8) is 0 Å². The van der Waals surface area contributed by atoms with Gasteiger partial charge in [-0.25, -0.2) is 9.97 Å². The smallest absolute Gasteiger partial charge is 0.132 e. The molecule has 0 saturated carbocycles. The molecule has 1 N–H and O–H groups in total. The quantitative estimate of drug-likeness (QED) is 0.909. The minimum atomic E-state index is 0.171. The van der Waals surface area contributed by atoms with E-state index in [4.69, 9.17) is 4.98 Å². The monoisotopic (exact) mass is 283 g/mol. The Hall–Kier alpha value is -1.90. The number of nitrogens with zero attached hydrogens (tertiary/aromatic N) is 2. The standard InChI is InChI=1S/C18H25N3/c1-7-15-20-16(12(2)17(19-6)21-15)13-8-10-14(11-9-13)18(3,4)5/h8-11H,7H2,1-6H3,(H,19,20,21). The van der Waals surface area contributed by atoms with Gasteiger partial charge in [0.25, 0.3) is 0 Å². The first-order valence-electron chi connectivity index (χ1n) is 7.53. The molecule has 3 heteroatoms. The number of aryl methyl sites for hydroxylation is 1. The molecule has 2 rings (SSSR count). The lowest BCUT2D eigenvalue weighted by Crippen LogP contribution is -2.10. The van der Waals surface area contributed by atoms with E-state index in [0.29, 0.717) is 0 Å². The molecular weight excluding hydrogens is 258 g/mol. The maximum Gasteiger partial charge on any atom is 0.132 e. The lowest BCUT2D eigenvalue weighted by atomic mass is 9.86. The Kier molecular flexibility index (Phi) is 4.31. The molecule has 0 radical (unpaired) electrons. The van der Waals surface area contributed by atoms with Crippen LogP contribution in [0.15, 0.2) is 24.3 Å². The Bertz CT molecular complexity index is 622. The Morgan fingerprint density at radius 2 is 1.67 bits per heavy atom. The fourth-order valence-corrected chi connectivity index (χ4v) is 2.37. The van der Waals surface area contributed by atoms with Gasteiger partial charge in [-0.05, 0) is 17.9 Å². The first-order valence-corrected chi connectivity index (χ1v) is 7.53. The van der Waals surface area contributed by atoms with E-state index in [2.05, 4.69) is 69.2 Å². The summed E-state index contributed by atoms with van der Waals surface area (Å²) >= 11 is 0. The second-order valence-corrected chi connectivity index (χ2v) is 6.39. The van der Waals surface area contributed by atoms with E-state index >= 15 is 0 Å². The van der Waals surface area contributed by atoms with Crippen molar-refractivity contribution in [1.82, 2.24) is 9.97 Å². The number of anilines is 1. The van der Waals surface area contributed by atoms with E-state index in [1.165, 1.54) is 5.56 Å². The van der Waals surface area contributed by atoms with Crippen LogP contribution in [0.1, 0.15) is 44.6 Å². The summed E-state index contributed by atoms with van der Waals surface area (Å²) in [4.78, 5) is 9.24. The molecule has 0 bridgehead atoms. The van der Waals surface area contributed by atoms with Crippen LogP contribution in [0.25, 0.3) is 11.3 Å². The van der Waals surface area contributed by atoms with Gasteiger partial charge in [-0.2, -0.15) is 0 Å². The normalized spacial score (nSPS) is 11.5. The van der Waals surface area contributed by atoms with E-state index in [1.807, 2.05) is 7.05 Å².